The summed E-state index contributed by atoms with van der Waals surface area (Å²) in [6.45, 7) is 5.71. The molecule has 2 N–H and O–H groups in total. The first-order valence-corrected chi connectivity index (χ1v) is 7.14. The Hall–Kier alpha value is 0.0169. The zero-order valence-electron chi connectivity index (χ0n) is 9.21. The number of aliphatic hydroxyl groups is 2. The van der Waals surface area contributed by atoms with Gasteiger partial charge in [-0.05, 0) is 6.92 Å². The van der Waals surface area contributed by atoms with Crippen LogP contribution in [0.25, 0.3) is 0 Å². The molecule has 0 spiro atoms. The van der Waals surface area contributed by atoms with Crippen LogP contribution < -0.4 is 0 Å². The molecule has 2 heterocycles. The first-order valence-electron chi connectivity index (χ1n) is 5.34. The highest BCUT2D eigenvalue weighted by Gasteiger charge is 2.58. The van der Waals surface area contributed by atoms with E-state index in [9.17, 15) is 10.2 Å². The Morgan fingerprint density at radius 3 is 2.47 bits per heavy atom. The Kier molecular flexibility index (Phi) is 2.91. The summed E-state index contributed by atoms with van der Waals surface area (Å²) in [6, 6.07) is 0. The number of rotatable bonds is 1. The summed E-state index contributed by atoms with van der Waals surface area (Å²) in [5.41, 5.74) is 0.0879. The van der Waals surface area contributed by atoms with Gasteiger partial charge >= 0.3 is 8.80 Å². The van der Waals surface area contributed by atoms with E-state index < -0.39 is 21.2 Å². The van der Waals surface area contributed by atoms with E-state index in [4.69, 9.17) is 13.3 Å². The summed E-state index contributed by atoms with van der Waals surface area (Å²) in [5.74, 6) is 0. The molecule has 0 radical (unpaired) electrons. The van der Waals surface area contributed by atoms with Crippen LogP contribution in [0.2, 0.25) is 5.54 Å². The third kappa shape index (κ3) is 1.86. The zero-order valence-corrected chi connectivity index (χ0v) is 10.2. The standard InChI is InChI=1S/C9H18O5Si/c1-5(2)15-12-6(3)9(11)7(13-15)4-8(10)14-15/h5-11H,4H2,1-3H3. The van der Waals surface area contributed by atoms with Gasteiger partial charge in [-0.15, -0.1) is 0 Å². The topological polar surface area (TPSA) is 68.2 Å². The zero-order chi connectivity index (χ0) is 11.2. The minimum atomic E-state index is -2.79. The van der Waals surface area contributed by atoms with Gasteiger partial charge in [0.15, 0.2) is 6.29 Å². The van der Waals surface area contributed by atoms with Crippen LogP contribution in [0.5, 0.6) is 0 Å². The van der Waals surface area contributed by atoms with Crippen LogP contribution in [-0.2, 0) is 13.3 Å². The second-order valence-electron chi connectivity index (χ2n) is 4.54. The van der Waals surface area contributed by atoms with E-state index in [-0.39, 0.29) is 17.7 Å². The average Bonchev–Trinajstić information content (AvgIpc) is 2.13. The second-order valence-corrected chi connectivity index (χ2v) is 7.61. The van der Waals surface area contributed by atoms with E-state index in [1.807, 2.05) is 20.8 Å². The van der Waals surface area contributed by atoms with Gasteiger partial charge in [-0.3, -0.25) is 0 Å². The summed E-state index contributed by atoms with van der Waals surface area (Å²) >= 11 is 0. The van der Waals surface area contributed by atoms with Crippen molar-refractivity contribution in [3.8, 4) is 0 Å². The molecule has 5 atom stereocenters. The molecule has 5 nitrogen and oxygen atoms in total. The molecule has 0 aromatic heterocycles. The van der Waals surface area contributed by atoms with Crippen molar-refractivity contribution < 1.29 is 23.5 Å². The molecule has 2 aliphatic rings. The van der Waals surface area contributed by atoms with Crippen LogP contribution in [0.4, 0.5) is 0 Å². The van der Waals surface area contributed by atoms with E-state index in [1.165, 1.54) is 0 Å². The maximum Gasteiger partial charge on any atom is 0.506 e. The quantitative estimate of drug-likeness (QED) is 0.636. The molecule has 0 aromatic carbocycles. The minimum absolute atomic E-state index is 0.0879. The van der Waals surface area contributed by atoms with Gasteiger partial charge in [-0.1, -0.05) is 13.8 Å². The Morgan fingerprint density at radius 1 is 1.20 bits per heavy atom. The van der Waals surface area contributed by atoms with Gasteiger partial charge < -0.3 is 23.5 Å². The van der Waals surface area contributed by atoms with Crippen LogP contribution in [0.15, 0.2) is 0 Å². The Bertz CT molecular complexity index is 245. The Morgan fingerprint density at radius 2 is 1.87 bits per heavy atom. The fourth-order valence-corrected chi connectivity index (χ4v) is 4.80. The smallest absolute Gasteiger partial charge is 0.388 e. The third-order valence-corrected chi connectivity index (χ3v) is 6.32. The predicted molar refractivity (Wildman–Crippen MR) is 54.0 cm³/mol. The van der Waals surface area contributed by atoms with Crippen LogP contribution in [0, 0.1) is 0 Å². The number of fused-ring (bicyclic) bond motifs is 2. The molecular formula is C9H18O5Si. The molecule has 0 aromatic rings. The largest absolute Gasteiger partial charge is 0.506 e. The molecule has 0 aliphatic carbocycles. The van der Waals surface area contributed by atoms with Crippen molar-refractivity contribution in [2.75, 3.05) is 0 Å². The molecule has 5 unspecified atom stereocenters. The predicted octanol–water partition coefficient (Wildman–Crippen LogP) is 0.239. The third-order valence-electron chi connectivity index (χ3n) is 2.97. The lowest BCUT2D eigenvalue weighted by Crippen LogP contribution is -2.67. The molecule has 2 rings (SSSR count). The number of aliphatic hydroxyl groups excluding tert-OH is 2. The average molecular weight is 234 g/mol. The summed E-state index contributed by atoms with van der Waals surface area (Å²) in [6.07, 6.45) is -1.88. The van der Waals surface area contributed by atoms with Crippen LogP contribution in [-0.4, -0.2) is 43.6 Å². The molecule has 2 saturated heterocycles. The van der Waals surface area contributed by atoms with E-state index in [1.54, 1.807) is 0 Å². The first kappa shape index (κ1) is 11.5. The summed E-state index contributed by atoms with van der Waals surface area (Å²) < 4.78 is 16.8. The van der Waals surface area contributed by atoms with Gasteiger partial charge in [-0.2, -0.15) is 0 Å². The van der Waals surface area contributed by atoms with Crippen LogP contribution in [0.1, 0.15) is 27.2 Å². The molecule has 88 valence electrons. The maximum absolute atomic E-state index is 9.81. The van der Waals surface area contributed by atoms with Gasteiger partial charge in [0.25, 0.3) is 0 Å². The van der Waals surface area contributed by atoms with E-state index in [2.05, 4.69) is 0 Å². The van der Waals surface area contributed by atoms with Crippen molar-refractivity contribution in [2.24, 2.45) is 0 Å². The Labute approximate surface area is 90.3 Å². The fourth-order valence-electron chi connectivity index (χ4n) is 2.03. The molecule has 2 aliphatic heterocycles. The SMILES string of the molecule is CC1O[Si]2(C(C)C)OC(O)CC(O2)C1O. The maximum atomic E-state index is 9.81. The van der Waals surface area contributed by atoms with Gasteiger partial charge in [0.05, 0.1) is 12.2 Å². The van der Waals surface area contributed by atoms with E-state index in [0.717, 1.165) is 0 Å². The molecule has 0 saturated carbocycles. The number of hydrogen-bond donors (Lipinski definition) is 2. The molecule has 15 heavy (non-hydrogen) atoms. The van der Waals surface area contributed by atoms with Gasteiger partial charge in [0.2, 0.25) is 0 Å². The van der Waals surface area contributed by atoms with Crippen LogP contribution >= 0.6 is 0 Å². The number of hydrogen-bond acceptors (Lipinski definition) is 5. The summed E-state index contributed by atoms with van der Waals surface area (Å²) in [5, 5.41) is 19.4. The highest BCUT2D eigenvalue weighted by Crippen LogP contribution is 2.39. The van der Waals surface area contributed by atoms with Gasteiger partial charge in [-0.25, -0.2) is 0 Å². The van der Waals surface area contributed by atoms with Crippen molar-refractivity contribution in [2.45, 2.75) is 57.3 Å². The van der Waals surface area contributed by atoms with Gasteiger partial charge in [0, 0.05) is 12.0 Å². The first-order chi connectivity index (χ1) is 6.94. The highest BCUT2D eigenvalue weighted by molar-refractivity contribution is 6.62. The fraction of sp³-hybridized carbons (Fsp3) is 1.00. The van der Waals surface area contributed by atoms with Crippen molar-refractivity contribution in [1.82, 2.24) is 0 Å². The Balaban J connectivity index is 2.24. The molecule has 0 amide bonds. The van der Waals surface area contributed by atoms with E-state index >= 15 is 0 Å². The minimum Gasteiger partial charge on any atom is -0.388 e. The van der Waals surface area contributed by atoms with Crippen molar-refractivity contribution in [3.05, 3.63) is 0 Å². The summed E-state index contributed by atoms with van der Waals surface area (Å²) in [7, 11) is -2.79. The molecule has 2 fully saturated rings. The molecular weight excluding hydrogens is 216 g/mol. The lowest BCUT2D eigenvalue weighted by Gasteiger charge is -2.49. The lowest BCUT2D eigenvalue weighted by molar-refractivity contribution is -0.214. The monoisotopic (exact) mass is 234 g/mol. The van der Waals surface area contributed by atoms with Crippen molar-refractivity contribution in [3.63, 3.8) is 0 Å². The highest BCUT2D eigenvalue weighted by atomic mass is 28.4. The van der Waals surface area contributed by atoms with Crippen LogP contribution in [0.3, 0.4) is 0 Å². The van der Waals surface area contributed by atoms with E-state index in [0.29, 0.717) is 6.42 Å². The normalized spacial score (nSPS) is 50.8. The van der Waals surface area contributed by atoms with Crippen molar-refractivity contribution >= 4 is 8.80 Å². The summed E-state index contributed by atoms with van der Waals surface area (Å²) in [4.78, 5) is 0. The molecule has 6 heteroatoms. The lowest BCUT2D eigenvalue weighted by atomic mass is 10.1. The second kappa shape index (κ2) is 3.79. The van der Waals surface area contributed by atoms with Gasteiger partial charge in [0.1, 0.15) is 6.10 Å². The molecule has 2 bridgehead atoms. The van der Waals surface area contributed by atoms with Crippen molar-refractivity contribution in [1.29, 1.82) is 0 Å².